The van der Waals surface area contributed by atoms with E-state index >= 15 is 0 Å². The molecule has 1 atom stereocenters. The zero-order valence-corrected chi connectivity index (χ0v) is 11.6. The van der Waals surface area contributed by atoms with Crippen molar-refractivity contribution in [2.24, 2.45) is 0 Å². The van der Waals surface area contributed by atoms with Crippen molar-refractivity contribution in [3.05, 3.63) is 59.9 Å². The Bertz CT molecular complexity index is 510. The number of nitrogens with two attached hydrogens (primary N) is 1. The Balaban J connectivity index is 1.94. The molecule has 3 nitrogen and oxygen atoms in total. The summed E-state index contributed by atoms with van der Waals surface area (Å²) in [7, 11) is 2.14. The highest BCUT2D eigenvalue weighted by atomic mass is 15.1. The normalized spacial score (nSPS) is 12.6. The molecule has 2 rings (SSSR count). The minimum absolute atomic E-state index is 0.354. The zero-order valence-electron chi connectivity index (χ0n) is 11.6. The highest BCUT2D eigenvalue weighted by Crippen LogP contribution is 2.20. The van der Waals surface area contributed by atoms with E-state index in [2.05, 4.69) is 36.0 Å². The maximum Gasteiger partial charge on any atom is 0.0416 e. The van der Waals surface area contributed by atoms with Crippen molar-refractivity contribution < 1.29 is 0 Å². The number of hydrogen-bond acceptors (Lipinski definition) is 3. The lowest BCUT2D eigenvalue weighted by Gasteiger charge is -2.25. The summed E-state index contributed by atoms with van der Waals surface area (Å²) in [5, 5.41) is 0. The van der Waals surface area contributed by atoms with Crippen LogP contribution in [-0.4, -0.2) is 23.5 Å². The van der Waals surface area contributed by atoms with Gasteiger partial charge >= 0.3 is 0 Å². The van der Waals surface area contributed by atoms with E-state index in [4.69, 9.17) is 5.73 Å². The van der Waals surface area contributed by atoms with Crippen LogP contribution in [0, 0.1) is 0 Å². The first kappa shape index (κ1) is 13.6. The summed E-state index contributed by atoms with van der Waals surface area (Å²) in [6, 6.07) is 14.5. The molecular formula is C16H21N3. The van der Waals surface area contributed by atoms with Gasteiger partial charge < -0.3 is 5.73 Å². The smallest absolute Gasteiger partial charge is 0.0416 e. The van der Waals surface area contributed by atoms with Gasteiger partial charge in [0, 0.05) is 36.6 Å². The lowest BCUT2D eigenvalue weighted by molar-refractivity contribution is 0.264. The first-order chi connectivity index (χ1) is 9.16. The average molecular weight is 255 g/mol. The fourth-order valence-corrected chi connectivity index (χ4v) is 2.10. The van der Waals surface area contributed by atoms with Crippen molar-refractivity contribution in [3.8, 4) is 0 Å². The van der Waals surface area contributed by atoms with Crippen LogP contribution in [-0.2, 0) is 6.42 Å². The molecule has 0 radical (unpaired) electrons. The molecule has 0 aliphatic carbocycles. The van der Waals surface area contributed by atoms with Crippen LogP contribution in [0.25, 0.3) is 0 Å². The van der Waals surface area contributed by atoms with Crippen LogP contribution < -0.4 is 5.73 Å². The molecule has 2 aromatic rings. The van der Waals surface area contributed by atoms with Gasteiger partial charge in [0.05, 0.1) is 0 Å². The van der Waals surface area contributed by atoms with Gasteiger partial charge in [-0.1, -0.05) is 18.2 Å². The van der Waals surface area contributed by atoms with Crippen molar-refractivity contribution in [1.29, 1.82) is 0 Å². The molecule has 0 saturated heterocycles. The average Bonchev–Trinajstić information content (AvgIpc) is 2.45. The first-order valence-corrected chi connectivity index (χ1v) is 6.62. The number of likely N-dealkylation sites (N-methyl/N-ethyl adjacent to an activating group) is 1. The minimum atomic E-state index is 0.354. The second-order valence-corrected chi connectivity index (χ2v) is 4.90. The van der Waals surface area contributed by atoms with Gasteiger partial charge in [0.2, 0.25) is 0 Å². The predicted molar refractivity (Wildman–Crippen MR) is 79.8 cm³/mol. The minimum Gasteiger partial charge on any atom is -0.399 e. The molecule has 1 heterocycles. The fourth-order valence-electron chi connectivity index (χ4n) is 2.10. The molecule has 1 aromatic carbocycles. The molecule has 0 amide bonds. The Morgan fingerprint density at radius 3 is 2.74 bits per heavy atom. The third-order valence-corrected chi connectivity index (χ3v) is 3.50. The standard InChI is InChI=1S/C16H21N3/c1-13(14-6-5-7-15(17)12-14)19(2)11-9-16-8-3-4-10-18-16/h3-8,10,12-13H,9,11,17H2,1-2H3. The van der Waals surface area contributed by atoms with Gasteiger partial charge in [-0.2, -0.15) is 0 Å². The molecule has 0 saturated carbocycles. The quantitative estimate of drug-likeness (QED) is 0.835. The molecule has 1 aromatic heterocycles. The summed E-state index contributed by atoms with van der Waals surface area (Å²) in [4.78, 5) is 6.67. The molecule has 0 spiro atoms. The van der Waals surface area contributed by atoms with Crippen LogP contribution in [0.3, 0.4) is 0 Å². The number of rotatable bonds is 5. The third-order valence-electron chi connectivity index (χ3n) is 3.50. The number of nitrogens with zero attached hydrogens (tertiary/aromatic N) is 2. The lowest BCUT2D eigenvalue weighted by atomic mass is 10.1. The van der Waals surface area contributed by atoms with E-state index in [0.717, 1.165) is 24.3 Å². The monoisotopic (exact) mass is 255 g/mol. The van der Waals surface area contributed by atoms with Gasteiger partial charge in [-0.05, 0) is 43.8 Å². The number of nitrogen functional groups attached to an aromatic ring is 1. The van der Waals surface area contributed by atoms with E-state index in [1.807, 2.05) is 36.5 Å². The van der Waals surface area contributed by atoms with Gasteiger partial charge in [-0.25, -0.2) is 0 Å². The number of pyridine rings is 1. The van der Waals surface area contributed by atoms with Crippen molar-refractivity contribution >= 4 is 5.69 Å². The van der Waals surface area contributed by atoms with Gasteiger partial charge in [0.25, 0.3) is 0 Å². The molecule has 0 fully saturated rings. The topological polar surface area (TPSA) is 42.1 Å². The summed E-state index contributed by atoms with van der Waals surface area (Å²) >= 11 is 0. The molecule has 0 bridgehead atoms. The molecule has 100 valence electrons. The Morgan fingerprint density at radius 1 is 1.21 bits per heavy atom. The Kier molecular flexibility index (Phi) is 4.53. The second-order valence-electron chi connectivity index (χ2n) is 4.90. The summed E-state index contributed by atoms with van der Waals surface area (Å²) in [5.74, 6) is 0. The maximum absolute atomic E-state index is 5.83. The maximum atomic E-state index is 5.83. The second kappa shape index (κ2) is 6.34. The zero-order chi connectivity index (χ0) is 13.7. The Labute approximate surface area is 115 Å². The van der Waals surface area contributed by atoms with E-state index in [1.54, 1.807) is 0 Å². The van der Waals surface area contributed by atoms with E-state index in [0.29, 0.717) is 6.04 Å². The highest BCUT2D eigenvalue weighted by molar-refractivity contribution is 5.41. The molecule has 1 unspecified atom stereocenters. The van der Waals surface area contributed by atoms with Gasteiger partial charge in [0.1, 0.15) is 0 Å². The predicted octanol–water partition coefficient (Wildman–Crippen LogP) is 2.90. The number of benzene rings is 1. The van der Waals surface area contributed by atoms with Crippen molar-refractivity contribution in [2.75, 3.05) is 19.3 Å². The SMILES string of the molecule is CC(c1cccc(N)c1)N(C)CCc1ccccn1. The number of aromatic nitrogens is 1. The van der Waals surface area contributed by atoms with Crippen LogP contribution in [0.5, 0.6) is 0 Å². The Hall–Kier alpha value is -1.87. The summed E-state index contributed by atoms with van der Waals surface area (Å²) in [6.07, 6.45) is 2.81. The van der Waals surface area contributed by atoms with E-state index < -0.39 is 0 Å². The van der Waals surface area contributed by atoms with Crippen molar-refractivity contribution in [3.63, 3.8) is 0 Å². The van der Waals surface area contributed by atoms with E-state index in [9.17, 15) is 0 Å². The summed E-state index contributed by atoms with van der Waals surface area (Å²) < 4.78 is 0. The van der Waals surface area contributed by atoms with Crippen LogP contribution in [0.1, 0.15) is 24.2 Å². The molecule has 0 aliphatic heterocycles. The largest absolute Gasteiger partial charge is 0.399 e. The molecular weight excluding hydrogens is 234 g/mol. The first-order valence-electron chi connectivity index (χ1n) is 6.62. The van der Waals surface area contributed by atoms with Gasteiger partial charge in [-0.15, -0.1) is 0 Å². The van der Waals surface area contributed by atoms with E-state index in [-0.39, 0.29) is 0 Å². The molecule has 3 heteroatoms. The van der Waals surface area contributed by atoms with Crippen LogP contribution >= 0.6 is 0 Å². The summed E-state index contributed by atoms with van der Waals surface area (Å²) in [6.45, 7) is 3.18. The molecule has 0 aliphatic rings. The van der Waals surface area contributed by atoms with Crippen molar-refractivity contribution in [2.45, 2.75) is 19.4 Å². The third kappa shape index (κ3) is 3.80. The van der Waals surface area contributed by atoms with Crippen LogP contribution in [0.4, 0.5) is 5.69 Å². The molecule has 19 heavy (non-hydrogen) atoms. The number of hydrogen-bond donors (Lipinski definition) is 1. The number of anilines is 1. The lowest BCUT2D eigenvalue weighted by Crippen LogP contribution is -2.25. The highest BCUT2D eigenvalue weighted by Gasteiger charge is 2.11. The van der Waals surface area contributed by atoms with E-state index in [1.165, 1.54) is 5.56 Å². The van der Waals surface area contributed by atoms with Crippen LogP contribution in [0.2, 0.25) is 0 Å². The van der Waals surface area contributed by atoms with Crippen LogP contribution in [0.15, 0.2) is 48.7 Å². The summed E-state index contributed by atoms with van der Waals surface area (Å²) in [5.41, 5.74) is 9.04. The van der Waals surface area contributed by atoms with Gasteiger partial charge in [0.15, 0.2) is 0 Å². The molecule has 2 N–H and O–H groups in total. The fraction of sp³-hybridized carbons (Fsp3) is 0.312. The van der Waals surface area contributed by atoms with Gasteiger partial charge in [-0.3, -0.25) is 9.88 Å². The Morgan fingerprint density at radius 2 is 2.05 bits per heavy atom. The van der Waals surface area contributed by atoms with Crippen molar-refractivity contribution in [1.82, 2.24) is 9.88 Å².